The largest absolute Gasteiger partial charge is 0.497 e. The summed E-state index contributed by atoms with van der Waals surface area (Å²) < 4.78 is 53.2. The van der Waals surface area contributed by atoms with Crippen LogP contribution >= 0.6 is 0 Å². The number of hydrogen-bond donors (Lipinski definition) is 1. The molecule has 1 aromatic heterocycles. The lowest BCUT2D eigenvalue weighted by atomic mass is 10.2. The number of nitrogens with one attached hydrogen (secondary N) is 1. The molecule has 0 unspecified atom stereocenters. The lowest BCUT2D eigenvalue weighted by Gasteiger charge is -2.06. The van der Waals surface area contributed by atoms with Gasteiger partial charge in [0.15, 0.2) is 9.84 Å². The standard InChI is InChI=1S/C20H20FN3O6S/c1-28-15-10-13(11-16(12-15)29-2)19-23-24-20(30-19)22-18(25)4-3-9-31(26,27)17-7-5-14(21)6-8-17/h5-8,10-12H,3-4,9H2,1-2H3,(H,22,24,25). The Labute approximate surface area is 178 Å². The molecular weight excluding hydrogens is 429 g/mol. The van der Waals surface area contributed by atoms with Crippen LogP contribution in [0.15, 0.2) is 51.8 Å². The van der Waals surface area contributed by atoms with Crippen molar-refractivity contribution in [2.24, 2.45) is 0 Å². The van der Waals surface area contributed by atoms with Crippen LogP contribution in [0.3, 0.4) is 0 Å². The first-order chi connectivity index (χ1) is 14.8. The predicted octanol–water partition coefficient (Wildman–Crippen LogP) is 3.09. The minimum atomic E-state index is -3.61. The number of methoxy groups -OCH3 is 2. The fourth-order valence-corrected chi connectivity index (χ4v) is 4.00. The summed E-state index contributed by atoms with van der Waals surface area (Å²) in [4.78, 5) is 12.1. The van der Waals surface area contributed by atoms with Gasteiger partial charge < -0.3 is 13.9 Å². The molecule has 0 spiro atoms. The molecule has 9 nitrogen and oxygen atoms in total. The number of sulfone groups is 1. The summed E-state index contributed by atoms with van der Waals surface area (Å²) >= 11 is 0. The number of aromatic nitrogens is 2. The Balaban J connectivity index is 1.57. The zero-order valence-corrected chi connectivity index (χ0v) is 17.6. The molecule has 3 rings (SSSR count). The number of benzene rings is 2. The Morgan fingerprint density at radius 3 is 2.32 bits per heavy atom. The number of hydrogen-bond acceptors (Lipinski definition) is 8. The molecule has 0 aliphatic carbocycles. The van der Waals surface area contributed by atoms with Crippen molar-refractivity contribution in [3.05, 3.63) is 48.3 Å². The van der Waals surface area contributed by atoms with Gasteiger partial charge >= 0.3 is 6.01 Å². The molecule has 0 fully saturated rings. The van der Waals surface area contributed by atoms with Crippen molar-refractivity contribution in [2.45, 2.75) is 17.7 Å². The molecule has 0 saturated carbocycles. The van der Waals surface area contributed by atoms with Crippen LogP contribution in [0.4, 0.5) is 10.4 Å². The number of nitrogens with zero attached hydrogens (tertiary/aromatic N) is 2. The summed E-state index contributed by atoms with van der Waals surface area (Å²) in [5.74, 6) is -0.0603. The van der Waals surface area contributed by atoms with Crippen LogP contribution in [-0.4, -0.2) is 44.5 Å². The highest BCUT2D eigenvalue weighted by atomic mass is 32.2. The van der Waals surface area contributed by atoms with Crippen molar-refractivity contribution in [1.29, 1.82) is 0 Å². The second-order valence-corrected chi connectivity index (χ2v) is 8.55. The SMILES string of the molecule is COc1cc(OC)cc(-c2nnc(NC(=O)CCCS(=O)(=O)c3ccc(F)cc3)o2)c1. The molecule has 2 aromatic carbocycles. The van der Waals surface area contributed by atoms with E-state index in [9.17, 15) is 17.6 Å². The van der Waals surface area contributed by atoms with E-state index in [0.29, 0.717) is 17.1 Å². The zero-order valence-electron chi connectivity index (χ0n) is 16.8. The van der Waals surface area contributed by atoms with Crippen molar-refractivity contribution in [1.82, 2.24) is 10.2 Å². The first kappa shape index (κ1) is 22.2. The number of anilines is 1. The average Bonchev–Trinajstić information content (AvgIpc) is 3.22. The average molecular weight is 449 g/mol. The number of rotatable bonds is 9. The lowest BCUT2D eigenvalue weighted by Crippen LogP contribution is -2.14. The molecule has 0 atom stereocenters. The monoisotopic (exact) mass is 449 g/mol. The third-order valence-corrected chi connectivity index (χ3v) is 6.08. The maximum Gasteiger partial charge on any atom is 0.322 e. The van der Waals surface area contributed by atoms with Crippen LogP contribution in [0.2, 0.25) is 0 Å². The summed E-state index contributed by atoms with van der Waals surface area (Å²) in [7, 11) is -0.596. The molecule has 1 N–H and O–H groups in total. The maximum atomic E-state index is 12.9. The third-order valence-electron chi connectivity index (χ3n) is 4.26. The van der Waals surface area contributed by atoms with Gasteiger partial charge in [0.2, 0.25) is 11.8 Å². The highest BCUT2D eigenvalue weighted by Gasteiger charge is 2.17. The van der Waals surface area contributed by atoms with Gasteiger partial charge in [0.25, 0.3) is 0 Å². The van der Waals surface area contributed by atoms with Gasteiger partial charge in [-0.1, -0.05) is 5.10 Å². The minimum Gasteiger partial charge on any atom is -0.497 e. The van der Waals surface area contributed by atoms with E-state index in [1.807, 2.05) is 0 Å². The summed E-state index contributed by atoms with van der Waals surface area (Å²) in [6.07, 6.45) is -0.00919. The van der Waals surface area contributed by atoms with Gasteiger partial charge in [-0.3, -0.25) is 10.1 Å². The second kappa shape index (κ2) is 9.56. The van der Waals surface area contributed by atoms with Crippen molar-refractivity contribution >= 4 is 21.8 Å². The van der Waals surface area contributed by atoms with E-state index < -0.39 is 21.6 Å². The minimum absolute atomic E-state index is 0.00423. The fourth-order valence-electron chi connectivity index (χ4n) is 2.69. The fraction of sp³-hybridized carbons (Fsp3) is 0.250. The molecule has 0 saturated heterocycles. The van der Waals surface area contributed by atoms with E-state index in [-0.39, 0.29) is 35.4 Å². The van der Waals surface area contributed by atoms with Gasteiger partial charge in [0.05, 0.1) is 24.9 Å². The highest BCUT2D eigenvalue weighted by molar-refractivity contribution is 7.91. The van der Waals surface area contributed by atoms with Crippen LogP contribution in [0.1, 0.15) is 12.8 Å². The Morgan fingerprint density at radius 2 is 1.71 bits per heavy atom. The zero-order chi connectivity index (χ0) is 22.4. The molecule has 0 aliphatic heterocycles. The first-order valence-corrected chi connectivity index (χ1v) is 10.8. The van der Waals surface area contributed by atoms with Crippen molar-refractivity contribution in [2.75, 3.05) is 25.3 Å². The van der Waals surface area contributed by atoms with Crippen molar-refractivity contribution in [3.63, 3.8) is 0 Å². The number of ether oxygens (including phenoxy) is 2. The van der Waals surface area contributed by atoms with E-state index >= 15 is 0 Å². The first-order valence-electron chi connectivity index (χ1n) is 9.16. The predicted molar refractivity (Wildman–Crippen MR) is 109 cm³/mol. The van der Waals surface area contributed by atoms with Gasteiger partial charge in [-0.25, -0.2) is 12.8 Å². The molecule has 1 heterocycles. The van der Waals surface area contributed by atoms with Gasteiger partial charge in [-0.05, 0) is 42.8 Å². The number of amides is 1. The van der Waals surface area contributed by atoms with Crippen LogP contribution in [-0.2, 0) is 14.6 Å². The van der Waals surface area contributed by atoms with E-state index in [1.54, 1.807) is 18.2 Å². The molecule has 0 radical (unpaired) electrons. The van der Waals surface area contributed by atoms with Crippen LogP contribution in [0.5, 0.6) is 11.5 Å². The molecule has 11 heteroatoms. The second-order valence-electron chi connectivity index (χ2n) is 6.44. The van der Waals surface area contributed by atoms with Crippen molar-refractivity contribution < 1.29 is 31.5 Å². The topological polar surface area (TPSA) is 121 Å². The summed E-state index contributed by atoms with van der Waals surface area (Å²) in [5, 5.41) is 10.1. The number of halogens is 1. The third kappa shape index (κ3) is 5.79. The van der Waals surface area contributed by atoms with Gasteiger partial charge in [0, 0.05) is 18.1 Å². The molecule has 0 aliphatic rings. The Hall–Kier alpha value is -3.47. The highest BCUT2D eigenvalue weighted by Crippen LogP contribution is 2.29. The smallest absolute Gasteiger partial charge is 0.322 e. The Kier molecular flexibility index (Phi) is 6.85. The number of carbonyl (C=O) groups excluding carboxylic acids is 1. The lowest BCUT2D eigenvalue weighted by molar-refractivity contribution is -0.116. The normalized spacial score (nSPS) is 11.2. The molecular formula is C20H20FN3O6S. The summed E-state index contributed by atoms with van der Waals surface area (Å²) in [6.45, 7) is 0. The Bertz CT molecular complexity index is 1140. The van der Waals surface area contributed by atoms with E-state index in [0.717, 1.165) is 12.1 Å². The molecule has 3 aromatic rings. The number of carbonyl (C=O) groups is 1. The molecule has 1 amide bonds. The van der Waals surface area contributed by atoms with Crippen LogP contribution in [0, 0.1) is 5.82 Å². The molecule has 0 bridgehead atoms. The van der Waals surface area contributed by atoms with Crippen LogP contribution in [0.25, 0.3) is 11.5 Å². The summed E-state index contributed by atoms with van der Waals surface area (Å²) in [5.41, 5.74) is 0.537. The quantitative estimate of drug-likeness (QED) is 0.495. The van der Waals surface area contributed by atoms with Gasteiger partial charge in [-0.15, -0.1) is 5.10 Å². The van der Waals surface area contributed by atoms with E-state index in [2.05, 4.69) is 15.5 Å². The van der Waals surface area contributed by atoms with Crippen molar-refractivity contribution in [3.8, 4) is 23.0 Å². The Morgan fingerprint density at radius 1 is 1.06 bits per heavy atom. The molecule has 164 valence electrons. The molecule has 31 heavy (non-hydrogen) atoms. The maximum absolute atomic E-state index is 12.9. The van der Waals surface area contributed by atoms with Crippen LogP contribution < -0.4 is 14.8 Å². The van der Waals surface area contributed by atoms with Gasteiger partial charge in [-0.2, -0.15) is 0 Å². The van der Waals surface area contributed by atoms with E-state index in [1.165, 1.54) is 26.4 Å². The van der Waals surface area contributed by atoms with E-state index in [4.69, 9.17) is 13.9 Å². The summed E-state index contributed by atoms with van der Waals surface area (Å²) in [6, 6.07) is 9.43. The van der Waals surface area contributed by atoms with Gasteiger partial charge in [0.1, 0.15) is 17.3 Å².